The molecule has 2 amide bonds. The highest BCUT2D eigenvalue weighted by molar-refractivity contribution is 5.93. The van der Waals surface area contributed by atoms with E-state index in [0.717, 1.165) is 23.3 Å². The van der Waals surface area contributed by atoms with E-state index in [2.05, 4.69) is 5.32 Å². The van der Waals surface area contributed by atoms with Gasteiger partial charge < -0.3 is 10.2 Å². The minimum absolute atomic E-state index is 0.0689. The van der Waals surface area contributed by atoms with E-state index in [1.807, 2.05) is 19.9 Å². The summed E-state index contributed by atoms with van der Waals surface area (Å²) >= 11 is 0. The van der Waals surface area contributed by atoms with Crippen LogP contribution in [0, 0.1) is 11.7 Å². The lowest BCUT2D eigenvalue weighted by Crippen LogP contribution is -2.38. The van der Waals surface area contributed by atoms with Crippen molar-refractivity contribution >= 4 is 17.5 Å². The number of nitrogens with one attached hydrogen (secondary N) is 1. The minimum atomic E-state index is -4.78. The summed E-state index contributed by atoms with van der Waals surface area (Å²) in [6.45, 7) is 4.69. The third-order valence-corrected chi connectivity index (χ3v) is 5.05. The molecule has 1 aliphatic heterocycles. The summed E-state index contributed by atoms with van der Waals surface area (Å²) in [5.74, 6) is -1.89. The number of carbonyl (C=O) groups excluding carboxylic acids is 2. The SMILES string of the molecule is CC(C)C(=O)N1CCc2c(cccc2NC(=O)Cc2ccc(C(F)(F)F)c(F)c2)C1. The van der Waals surface area contributed by atoms with Crippen molar-refractivity contribution in [3.63, 3.8) is 0 Å². The van der Waals surface area contributed by atoms with Crippen molar-refractivity contribution in [1.29, 1.82) is 0 Å². The molecule has 0 aromatic heterocycles. The van der Waals surface area contributed by atoms with Gasteiger partial charge >= 0.3 is 6.18 Å². The number of benzene rings is 2. The van der Waals surface area contributed by atoms with Crippen LogP contribution in [0.3, 0.4) is 0 Å². The maximum atomic E-state index is 13.7. The first kappa shape index (κ1) is 21.8. The summed E-state index contributed by atoms with van der Waals surface area (Å²) in [6, 6.07) is 7.89. The molecule has 4 nitrogen and oxygen atoms in total. The van der Waals surface area contributed by atoms with Gasteiger partial charge in [-0.3, -0.25) is 9.59 Å². The number of hydrogen-bond donors (Lipinski definition) is 1. The van der Waals surface area contributed by atoms with Crippen molar-refractivity contribution in [2.24, 2.45) is 5.92 Å². The maximum absolute atomic E-state index is 13.7. The van der Waals surface area contributed by atoms with Crippen LogP contribution in [-0.4, -0.2) is 23.3 Å². The molecule has 1 N–H and O–H groups in total. The number of nitrogens with zero attached hydrogens (tertiary/aromatic N) is 1. The monoisotopic (exact) mass is 422 g/mol. The van der Waals surface area contributed by atoms with Crippen LogP contribution in [0.25, 0.3) is 0 Å². The Labute approximate surface area is 171 Å². The highest BCUT2D eigenvalue weighted by Gasteiger charge is 2.34. The second kappa shape index (κ2) is 8.45. The van der Waals surface area contributed by atoms with Crippen LogP contribution in [0.1, 0.15) is 36.1 Å². The van der Waals surface area contributed by atoms with Crippen LogP contribution in [-0.2, 0) is 35.2 Å². The van der Waals surface area contributed by atoms with Gasteiger partial charge in [0.1, 0.15) is 5.82 Å². The summed E-state index contributed by atoms with van der Waals surface area (Å²) < 4.78 is 51.7. The fourth-order valence-corrected chi connectivity index (χ4v) is 3.56. The summed E-state index contributed by atoms with van der Waals surface area (Å²) in [7, 11) is 0. The predicted molar refractivity (Wildman–Crippen MR) is 104 cm³/mol. The lowest BCUT2D eigenvalue weighted by Gasteiger charge is -2.31. The van der Waals surface area contributed by atoms with E-state index in [0.29, 0.717) is 31.3 Å². The molecule has 0 radical (unpaired) electrons. The molecule has 3 rings (SSSR count). The van der Waals surface area contributed by atoms with Gasteiger partial charge in [-0.1, -0.05) is 32.0 Å². The fraction of sp³-hybridized carbons (Fsp3) is 0.364. The highest BCUT2D eigenvalue weighted by atomic mass is 19.4. The number of fused-ring (bicyclic) bond motifs is 1. The third kappa shape index (κ3) is 4.80. The Morgan fingerprint density at radius 3 is 2.53 bits per heavy atom. The summed E-state index contributed by atoms with van der Waals surface area (Å²) in [5, 5.41) is 2.76. The zero-order valence-corrected chi connectivity index (χ0v) is 16.6. The van der Waals surface area contributed by atoms with Crippen molar-refractivity contribution in [2.75, 3.05) is 11.9 Å². The van der Waals surface area contributed by atoms with Gasteiger partial charge in [0.2, 0.25) is 11.8 Å². The first-order valence-electron chi connectivity index (χ1n) is 9.61. The van der Waals surface area contributed by atoms with Gasteiger partial charge in [-0.25, -0.2) is 4.39 Å². The van der Waals surface area contributed by atoms with Crippen molar-refractivity contribution in [1.82, 2.24) is 4.90 Å². The third-order valence-electron chi connectivity index (χ3n) is 5.05. The molecule has 0 saturated carbocycles. The van der Waals surface area contributed by atoms with E-state index in [1.54, 1.807) is 17.0 Å². The average Bonchev–Trinajstić information content (AvgIpc) is 2.66. The molecule has 0 saturated heterocycles. The fourth-order valence-electron chi connectivity index (χ4n) is 3.56. The molecule has 2 aromatic rings. The number of alkyl halides is 3. The number of hydrogen-bond acceptors (Lipinski definition) is 2. The summed E-state index contributed by atoms with van der Waals surface area (Å²) in [5.41, 5.74) is 1.26. The molecule has 30 heavy (non-hydrogen) atoms. The second-order valence-electron chi connectivity index (χ2n) is 7.64. The standard InChI is InChI=1S/C22H22F4N2O2/c1-13(2)21(30)28-9-8-16-15(12-28)4-3-5-19(16)27-20(29)11-14-6-7-17(18(23)10-14)22(24,25)26/h3-7,10,13H,8-9,11-12H2,1-2H3,(H,27,29). The van der Waals surface area contributed by atoms with E-state index in [4.69, 9.17) is 0 Å². The summed E-state index contributed by atoms with van der Waals surface area (Å²) in [4.78, 5) is 26.4. The molecule has 1 heterocycles. The quantitative estimate of drug-likeness (QED) is 0.734. The number of amides is 2. The molecule has 8 heteroatoms. The van der Waals surface area contributed by atoms with Gasteiger partial charge in [-0.15, -0.1) is 0 Å². The Kier molecular flexibility index (Phi) is 6.14. The van der Waals surface area contributed by atoms with Crippen molar-refractivity contribution in [2.45, 2.75) is 39.4 Å². The molecule has 0 fully saturated rings. The van der Waals surface area contributed by atoms with Gasteiger partial charge in [0.05, 0.1) is 12.0 Å². The van der Waals surface area contributed by atoms with Gasteiger partial charge in [0, 0.05) is 24.7 Å². The van der Waals surface area contributed by atoms with Crippen molar-refractivity contribution < 1.29 is 27.2 Å². The first-order valence-corrected chi connectivity index (χ1v) is 9.61. The molecule has 0 atom stereocenters. The van der Waals surface area contributed by atoms with Crippen molar-refractivity contribution in [3.8, 4) is 0 Å². The highest BCUT2D eigenvalue weighted by Crippen LogP contribution is 2.32. The smallest absolute Gasteiger partial charge is 0.338 e. The van der Waals surface area contributed by atoms with E-state index in [9.17, 15) is 27.2 Å². The molecule has 0 aliphatic carbocycles. The normalized spacial score (nSPS) is 13.9. The van der Waals surface area contributed by atoms with Crippen LogP contribution in [0.15, 0.2) is 36.4 Å². The Hall–Kier alpha value is -2.90. The van der Waals surface area contributed by atoms with E-state index in [1.165, 1.54) is 0 Å². The van der Waals surface area contributed by atoms with E-state index >= 15 is 0 Å². The summed E-state index contributed by atoms with van der Waals surface area (Å²) in [6.07, 6.45) is -4.45. The molecule has 160 valence electrons. The van der Waals surface area contributed by atoms with Crippen LogP contribution in [0.2, 0.25) is 0 Å². The minimum Gasteiger partial charge on any atom is -0.338 e. The molecule has 0 spiro atoms. The topological polar surface area (TPSA) is 49.4 Å². The average molecular weight is 422 g/mol. The molecule has 1 aliphatic rings. The van der Waals surface area contributed by atoms with Gasteiger partial charge in [0.25, 0.3) is 0 Å². The molecular formula is C22H22F4N2O2. The Morgan fingerprint density at radius 1 is 1.17 bits per heavy atom. The lowest BCUT2D eigenvalue weighted by molar-refractivity contribution is -0.140. The Bertz CT molecular complexity index is 970. The molecular weight excluding hydrogens is 400 g/mol. The molecule has 0 bridgehead atoms. The van der Waals surface area contributed by atoms with Crippen LogP contribution in [0.4, 0.5) is 23.2 Å². The van der Waals surface area contributed by atoms with Gasteiger partial charge in [-0.2, -0.15) is 13.2 Å². The maximum Gasteiger partial charge on any atom is 0.419 e. The van der Waals surface area contributed by atoms with Crippen LogP contribution in [0.5, 0.6) is 0 Å². The molecule has 2 aromatic carbocycles. The van der Waals surface area contributed by atoms with Gasteiger partial charge in [0.15, 0.2) is 0 Å². The predicted octanol–water partition coefficient (Wildman–Crippen LogP) is 4.57. The van der Waals surface area contributed by atoms with Gasteiger partial charge in [-0.05, 0) is 41.3 Å². The van der Waals surface area contributed by atoms with Crippen molar-refractivity contribution in [3.05, 3.63) is 64.5 Å². The number of halogens is 4. The number of anilines is 1. The number of rotatable bonds is 4. The van der Waals surface area contributed by atoms with E-state index < -0.39 is 23.5 Å². The Balaban J connectivity index is 1.71. The van der Waals surface area contributed by atoms with E-state index in [-0.39, 0.29) is 23.8 Å². The lowest BCUT2D eigenvalue weighted by atomic mass is 9.96. The zero-order valence-electron chi connectivity index (χ0n) is 16.6. The van der Waals surface area contributed by atoms with Crippen LogP contribution >= 0.6 is 0 Å². The van der Waals surface area contributed by atoms with Crippen LogP contribution < -0.4 is 5.32 Å². The largest absolute Gasteiger partial charge is 0.419 e. The second-order valence-corrected chi connectivity index (χ2v) is 7.64. The zero-order chi connectivity index (χ0) is 22.1. The first-order chi connectivity index (χ1) is 14.1. The molecule has 0 unspecified atom stereocenters. The number of carbonyl (C=O) groups is 2. The Morgan fingerprint density at radius 2 is 1.90 bits per heavy atom.